The number of halogens is 1. The van der Waals surface area contributed by atoms with Crippen molar-refractivity contribution in [2.24, 2.45) is 5.92 Å². The van der Waals surface area contributed by atoms with Gasteiger partial charge in [0.1, 0.15) is 40.7 Å². The molecular formula is C65H89ClN6O14S2. The number of aromatic nitrogens is 2. The molecule has 0 radical (unpaired) electrons. The topological polar surface area (TPSA) is 239 Å². The Hall–Kier alpha value is -5.30. The molecule has 6 bridgehead atoms. The first-order valence-corrected chi connectivity index (χ1v) is 33.3. The van der Waals surface area contributed by atoms with Gasteiger partial charge in [-0.3, -0.25) is 19.7 Å². The Labute approximate surface area is 531 Å². The maximum absolute atomic E-state index is 14.4. The van der Waals surface area contributed by atoms with Crippen LogP contribution < -0.4 is 20.3 Å². The fraction of sp³-hybridized carbons (Fsp3) is 0.615. The molecule has 23 heteroatoms. The average molecular weight is 1280 g/mol. The lowest BCUT2D eigenvalue weighted by Gasteiger charge is -2.42. The fourth-order valence-electron chi connectivity index (χ4n) is 11.6. The number of nitrogens with zero attached hydrogens (tertiary/aromatic N) is 4. The van der Waals surface area contributed by atoms with Gasteiger partial charge in [0.05, 0.1) is 93.8 Å². The summed E-state index contributed by atoms with van der Waals surface area (Å²) < 4.78 is 46.6. The van der Waals surface area contributed by atoms with Crippen LogP contribution in [0.5, 0.6) is 5.75 Å². The monoisotopic (exact) mass is 1280 g/mol. The van der Waals surface area contributed by atoms with Crippen LogP contribution in [0.1, 0.15) is 138 Å². The van der Waals surface area contributed by atoms with Gasteiger partial charge in [0.2, 0.25) is 11.8 Å². The number of rotatable bonds is 18. The molecule has 2 unspecified atom stereocenters. The number of epoxide rings is 1. The van der Waals surface area contributed by atoms with Crippen LogP contribution in [-0.4, -0.2) is 171 Å². The highest BCUT2D eigenvalue weighted by atomic mass is 35.5. The highest BCUT2D eigenvalue weighted by molar-refractivity contribution is 8.02. The Morgan fingerprint density at radius 1 is 0.955 bits per heavy atom. The summed E-state index contributed by atoms with van der Waals surface area (Å²) in [4.78, 5) is 82.5. The fourth-order valence-corrected chi connectivity index (χ4v) is 14.2. The maximum atomic E-state index is 14.4. The van der Waals surface area contributed by atoms with E-state index < -0.39 is 65.7 Å². The van der Waals surface area contributed by atoms with Crippen LogP contribution in [0.3, 0.4) is 0 Å². The van der Waals surface area contributed by atoms with E-state index in [0.29, 0.717) is 55.0 Å². The molecule has 88 heavy (non-hydrogen) atoms. The van der Waals surface area contributed by atoms with E-state index in [2.05, 4.69) is 16.7 Å². The third-order valence-electron chi connectivity index (χ3n) is 17.3. The summed E-state index contributed by atoms with van der Waals surface area (Å²) in [6.45, 7) is 8.66. The second-order valence-corrected chi connectivity index (χ2v) is 26.5. The minimum Gasteiger partial charge on any atom is -0.495 e. The second kappa shape index (κ2) is 32.6. The van der Waals surface area contributed by atoms with E-state index in [1.54, 1.807) is 51.2 Å². The molecule has 9 atom stereocenters. The number of alkyl carbamates (subject to hydrolysis) is 1. The summed E-state index contributed by atoms with van der Waals surface area (Å²) in [7, 11) is 5.96. The largest absolute Gasteiger partial charge is 0.495 e. The summed E-state index contributed by atoms with van der Waals surface area (Å²) in [5.41, 5.74) is 3.00. The van der Waals surface area contributed by atoms with Crippen molar-refractivity contribution in [2.75, 3.05) is 79.4 Å². The SMILES string of the molecule is COc1cc2cc(c1Cl)N(C)C(=O)C[C@H](OC(=O)[C@@H](C)N(C)C(=O)CCOCCOCCOCCNC(=O)c1ccc3nc4c(nc3c1)CSC1CCCCCCCC/C=C(\CC1)SC4)[C@]1(C)OC1[C@H](C)[C@@H]1C[C@@](O)(NC(=O)O1)[C@H](OC)/C=C/C=C(\C)C2. The molecule has 2 aromatic carbocycles. The molecule has 5 heterocycles. The van der Waals surface area contributed by atoms with Crippen molar-refractivity contribution < 1.29 is 67.0 Å². The van der Waals surface area contributed by atoms with Gasteiger partial charge in [-0.15, -0.1) is 11.8 Å². The number of amides is 4. The number of allylic oxidation sites excluding steroid dienone is 5. The number of anilines is 1. The predicted octanol–water partition coefficient (Wildman–Crippen LogP) is 9.97. The number of esters is 1. The number of likely N-dealkylation sites (N-methyl/N-ethyl adjacent to an activating group) is 1. The predicted molar refractivity (Wildman–Crippen MR) is 341 cm³/mol. The van der Waals surface area contributed by atoms with Crippen molar-refractivity contribution in [1.29, 1.82) is 0 Å². The molecule has 20 nitrogen and oxygen atoms in total. The molecule has 2 fully saturated rings. The van der Waals surface area contributed by atoms with Crippen molar-refractivity contribution in [3.05, 3.63) is 92.7 Å². The van der Waals surface area contributed by atoms with Crippen LogP contribution in [-0.2, 0) is 65.5 Å². The first-order valence-electron chi connectivity index (χ1n) is 30.9. The quantitative estimate of drug-likeness (QED) is 0.0610. The smallest absolute Gasteiger partial charge is 0.409 e. The Morgan fingerprint density at radius 2 is 1.67 bits per heavy atom. The van der Waals surface area contributed by atoms with Crippen molar-refractivity contribution in [1.82, 2.24) is 25.5 Å². The summed E-state index contributed by atoms with van der Waals surface area (Å²) in [6.07, 6.45) is 15.6. The number of thioether (sulfide) groups is 2. The molecule has 1 aromatic heterocycles. The molecule has 4 aliphatic heterocycles. The minimum atomic E-state index is -1.86. The highest BCUT2D eigenvalue weighted by Crippen LogP contribution is 2.49. The zero-order valence-electron chi connectivity index (χ0n) is 52.2. The molecule has 4 amide bonds. The number of fused-ring (bicyclic) bond motifs is 10. The third-order valence-corrected chi connectivity index (χ3v) is 20.2. The summed E-state index contributed by atoms with van der Waals surface area (Å²) >= 11 is 10.8. The van der Waals surface area contributed by atoms with Crippen molar-refractivity contribution in [2.45, 2.75) is 176 Å². The Balaban J connectivity index is 0.774. The first kappa shape index (κ1) is 68.6. The van der Waals surface area contributed by atoms with E-state index in [1.165, 1.54) is 94.3 Å². The number of carbonyl (C=O) groups is 5. The molecule has 0 spiro atoms. The van der Waals surface area contributed by atoms with Crippen LogP contribution in [0, 0.1) is 5.92 Å². The summed E-state index contributed by atoms with van der Waals surface area (Å²) in [5.74, 6) is -0.453. The van der Waals surface area contributed by atoms with Gasteiger partial charge in [-0.1, -0.05) is 80.5 Å². The number of carbonyl (C=O) groups excluding carboxylic acids is 5. The van der Waals surface area contributed by atoms with Crippen molar-refractivity contribution >= 4 is 81.6 Å². The van der Waals surface area contributed by atoms with Gasteiger partial charge in [0.25, 0.3) is 5.91 Å². The Morgan fingerprint density at radius 3 is 2.43 bits per heavy atom. The van der Waals surface area contributed by atoms with Gasteiger partial charge in [-0.25, -0.2) is 19.6 Å². The lowest BCUT2D eigenvalue weighted by atomic mass is 9.83. The van der Waals surface area contributed by atoms with Crippen LogP contribution in [0.15, 0.2) is 65.1 Å². The zero-order chi connectivity index (χ0) is 63.0. The number of aliphatic hydroxyl groups is 1. The van der Waals surface area contributed by atoms with E-state index in [1.807, 2.05) is 48.7 Å². The minimum absolute atomic E-state index is 0.0399. The van der Waals surface area contributed by atoms with Gasteiger partial charge in [0, 0.05) is 62.4 Å². The standard InChI is InChI=1S/C65H89ClN6O14S2/c1-41-17-16-20-55(80-8)65(78)38-54(84-63(77)70-65)42(2)60-64(4,86-60)56(37-58(74)72(6)52-34-44(33-41)35-53(79-7)59(52)66)85-62(76)43(3)71(5)57(73)25-27-81-29-31-83-32-30-82-28-26-67-61(75)45-21-24-48-49(36-45)69-51-40-88-47-19-15-13-11-9-10-12-14-18-46(22-23-47)87-39-50(51)68-48/h16-18,20-21,24,34-36,42-43,47,54-56,60,78H,9-15,19,22-23,25-33,37-40H2,1-8H3,(H,67,75)(H,70,77)/b20-16+,41-17+,46-18+/t42-,43-,47?,54+,55-,56+,60?,64+,65+/m1/s1. The second-order valence-electron chi connectivity index (χ2n) is 23.7. The summed E-state index contributed by atoms with van der Waals surface area (Å²) in [6, 6.07) is 8.00. The van der Waals surface area contributed by atoms with Gasteiger partial charge < -0.3 is 58.1 Å². The molecule has 3 aromatic rings. The lowest BCUT2D eigenvalue weighted by molar-refractivity contribution is -0.162. The first-order chi connectivity index (χ1) is 42.3. The van der Waals surface area contributed by atoms with Crippen LogP contribution in [0.2, 0.25) is 5.02 Å². The normalized spacial score (nSPS) is 27.6. The molecular weight excluding hydrogens is 1190 g/mol. The molecule has 8 rings (SSSR count). The summed E-state index contributed by atoms with van der Waals surface area (Å²) in [5, 5.41) is 18.1. The molecule has 2 saturated heterocycles. The third kappa shape index (κ3) is 18.4. The molecule has 1 aliphatic carbocycles. The van der Waals surface area contributed by atoms with E-state index in [-0.39, 0.29) is 55.9 Å². The maximum Gasteiger partial charge on any atom is 0.409 e. The van der Waals surface area contributed by atoms with Gasteiger partial charge in [0.15, 0.2) is 5.72 Å². The average Bonchev–Trinajstić information content (AvgIpc) is 1.79. The zero-order valence-corrected chi connectivity index (χ0v) is 54.6. The van der Waals surface area contributed by atoms with Crippen molar-refractivity contribution in [3.63, 3.8) is 0 Å². The number of methoxy groups -OCH3 is 2. The Kier molecular flexibility index (Phi) is 25.4. The molecule has 5 aliphatic rings. The number of hydrogen-bond donors (Lipinski definition) is 3. The van der Waals surface area contributed by atoms with Gasteiger partial charge in [-0.05, 0) is 100 Å². The van der Waals surface area contributed by atoms with E-state index in [4.69, 9.17) is 59.5 Å². The number of hydrogen-bond acceptors (Lipinski definition) is 18. The Bertz CT molecular complexity index is 3020. The highest BCUT2D eigenvalue weighted by Gasteiger charge is 2.64. The molecule has 3 N–H and O–H groups in total. The number of nitrogens with one attached hydrogen (secondary N) is 2. The number of ether oxygens (including phenoxy) is 8. The number of benzene rings is 2. The van der Waals surface area contributed by atoms with Crippen LogP contribution >= 0.6 is 35.1 Å². The van der Waals surface area contributed by atoms with Gasteiger partial charge in [-0.2, -0.15) is 11.8 Å². The van der Waals surface area contributed by atoms with Crippen LogP contribution in [0.25, 0.3) is 11.0 Å². The molecule has 482 valence electrons. The van der Waals surface area contributed by atoms with Crippen LogP contribution in [0.4, 0.5) is 10.5 Å². The van der Waals surface area contributed by atoms with Crippen molar-refractivity contribution in [3.8, 4) is 5.75 Å². The van der Waals surface area contributed by atoms with E-state index in [0.717, 1.165) is 57.9 Å². The lowest BCUT2D eigenvalue weighted by Crippen LogP contribution is -2.63. The van der Waals surface area contributed by atoms with Gasteiger partial charge >= 0.3 is 12.1 Å². The van der Waals surface area contributed by atoms with E-state index >= 15 is 0 Å². The molecule has 0 saturated carbocycles. The van der Waals surface area contributed by atoms with E-state index in [9.17, 15) is 29.1 Å².